The van der Waals surface area contributed by atoms with Crippen LogP contribution in [0.1, 0.15) is 48.0 Å². The quantitative estimate of drug-likeness (QED) is 0.490. The highest BCUT2D eigenvalue weighted by Crippen LogP contribution is 2.23. The summed E-state index contributed by atoms with van der Waals surface area (Å²) in [5.74, 6) is 0.480. The van der Waals surface area contributed by atoms with Gasteiger partial charge in [0.2, 0.25) is 5.91 Å². The molecular formula is C15H21N3O2. The number of amidine groups is 1. The van der Waals surface area contributed by atoms with E-state index in [4.69, 9.17) is 16.3 Å². The molecule has 1 fully saturated rings. The van der Waals surface area contributed by atoms with Crippen LogP contribution in [0.4, 0.5) is 0 Å². The molecule has 5 nitrogen and oxygen atoms in total. The van der Waals surface area contributed by atoms with Gasteiger partial charge < -0.3 is 16.3 Å². The van der Waals surface area contributed by atoms with Crippen molar-refractivity contribution in [2.45, 2.75) is 38.7 Å². The number of hydrogen-bond donors (Lipinski definition) is 2. The molecule has 1 aromatic carbocycles. The normalized spacial score (nSPS) is 16.9. The van der Waals surface area contributed by atoms with Gasteiger partial charge in [-0.15, -0.1) is 0 Å². The van der Waals surface area contributed by atoms with Gasteiger partial charge in [0.15, 0.2) is 0 Å². The van der Waals surface area contributed by atoms with E-state index < -0.39 is 5.91 Å². The maximum absolute atomic E-state index is 11.1. The Morgan fingerprint density at radius 1 is 1.25 bits per heavy atom. The summed E-state index contributed by atoms with van der Waals surface area (Å²) >= 11 is 0. The van der Waals surface area contributed by atoms with Gasteiger partial charge in [-0.1, -0.05) is 36.6 Å². The lowest BCUT2D eigenvalue weighted by molar-refractivity contribution is 0.0999. The van der Waals surface area contributed by atoms with Gasteiger partial charge >= 0.3 is 0 Å². The Morgan fingerprint density at radius 3 is 2.70 bits per heavy atom. The van der Waals surface area contributed by atoms with Gasteiger partial charge in [0.1, 0.15) is 12.4 Å². The van der Waals surface area contributed by atoms with E-state index in [1.54, 1.807) is 18.2 Å². The van der Waals surface area contributed by atoms with Crippen molar-refractivity contribution >= 4 is 11.7 Å². The highest BCUT2D eigenvalue weighted by Gasteiger charge is 2.17. The summed E-state index contributed by atoms with van der Waals surface area (Å²) < 4.78 is 0. The zero-order chi connectivity index (χ0) is 14.4. The van der Waals surface area contributed by atoms with Crippen molar-refractivity contribution in [3.63, 3.8) is 0 Å². The van der Waals surface area contributed by atoms with Crippen molar-refractivity contribution in [1.29, 1.82) is 0 Å². The molecule has 0 radical (unpaired) electrons. The molecule has 2 rings (SSSR count). The molecule has 1 amide bonds. The molecule has 0 unspecified atom stereocenters. The van der Waals surface area contributed by atoms with Crippen LogP contribution in [0.5, 0.6) is 0 Å². The van der Waals surface area contributed by atoms with E-state index in [-0.39, 0.29) is 6.61 Å². The number of oxime groups is 1. The summed E-state index contributed by atoms with van der Waals surface area (Å²) in [4.78, 5) is 16.4. The Kier molecular flexibility index (Phi) is 4.98. The Hall–Kier alpha value is -2.04. The Balaban J connectivity index is 1.88. The van der Waals surface area contributed by atoms with Crippen LogP contribution in [-0.2, 0) is 11.4 Å². The molecule has 1 aromatic rings. The first-order chi connectivity index (χ1) is 9.66. The zero-order valence-electron chi connectivity index (χ0n) is 11.5. The van der Waals surface area contributed by atoms with Crippen molar-refractivity contribution < 1.29 is 9.63 Å². The van der Waals surface area contributed by atoms with Gasteiger partial charge in [-0.3, -0.25) is 4.79 Å². The molecule has 0 atom stereocenters. The van der Waals surface area contributed by atoms with E-state index >= 15 is 0 Å². The number of benzene rings is 1. The number of rotatable bonds is 5. The van der Waals surface area contributed by atoms with E-state index in [2.05, 4.69) is 5.16 Å². The molecule has 0 aliphatic heterocycles. The van der Waals surface area contributed by atoms with Crippen LogP contribution in [0.3, 0.4) is 0 Å². The summed E-state index contributed by atoms with van der Waals surface area (Å²) in [6.45, 7) is 0.286. The van der Waals surface area contributed by atoms with Gasteiger partial charge in [0.25, 0.3) is 0 Å². The number of nitrogens with two attached hydrogens (primary N) is 2. The Bertz CT molecular complexity index is 494. The van der Waals surface area contributed by atoms with Crippen LogP contribution in [0.2, 0.25) is 0 Å². The predicted molar refractivity (Wildman–Crippen MR) is 77.9 cm³/mol. The molecule has 4 N–H and O–H groups in total. The molecule has 1 saturated carbocycles. The lowest BCUT2D eigenvalue weighted by Gasteiger charge is -2.20. The summed E-state index contributed by atoms with van der Waals surface area (Å²) in [5.41, 5.74) is 12.5. The molecular weight excluding hydrogens is 254 g/mol. The number of carbonyl (C=O) groups excluding carboxylic acids is 1. The first-order valence-corrected chi connectivity index (χ1v) is 7.01. The molecule has 1 aliphatic rings. The van der Waals surface area contributed by atoms with E-state index in [0.717, 1.165) is 18.4 Å². The number of hydrogen-bond acceptors (Lipinski definition) is 3. The number of amides is 1. The highest BCUT2D eigenvalue weighted by molar-refractivity contribution is 5.92. The lowest BCUT2D eigenvalue weighted by atomic mass is 9.89. The van der Waals surface area contributed by atoms with Crippen molar-refractivity contribution in [2.24, 2.45) is 22.5 Å². The van der Waals surface area contributed by atoms with Crippen LogP contribution in [0.25, 0.3) is 0 Å². The maximum Gasteiger partial charge on any atom is 0.248 e. The van der Waals surface area contributed by atoms with Gasteiger partial charge in [-0.05, 0) is 30.5 Å². The molecule has 20 heavy (non-hydrogen) atoms. The lowest BCUT2D eigenvalue weighted by Crippen LogP contribution is -2.26. The van der Waals surface area contributed by atoms with Crippen molar-refractivity contribution in [3.05, 3.63) is 35.4 Å². The van der Waals surface area contributed by atoms with Gasteiger partial charge in [0, 0.05) is 11.5 Å². The monoisotopic (exact) mass is 275 g/mol. The number of nitrogens with zero attached hydrogens (tertiary/aromatic N) is 1. The molecule has 108 valence electrons. The van der Waals surface area contributed by atoms with Gasteiger partial charge in [0.05, 0.1) is 0 Å². The topological polar surface area (TPSA) is 90.7 Å². The van der Waals surface area contributed by atoms with Crippen LogP contribution in [-0.4, -0.2) is 11.7 Å². The molecule has 0 spiro atoms. The Labute approximate surface area is 119 Å². The average Bonchev–Trinajstić information content (AvgIpc) is 2.48. The smallest absolute Gasteiger partial charge is 0.248 e. The number of carbonyl (C=O) groups is 1. The fourth-order valence-corrected chi connectivity index (χ4v) is 2.47. The fraction of sp³-hybridized carbons (Fsp3) is 0.467. The first kappa shape index (κ1) is 14.4. The van der Waals surface area contributed by atoms with E-state index in [1.807, 2.05) is 6.07 Å². The fourth-order valence-electron chi connectivity index (χ4n) is 2.47. The van der Waals surface area contributed by atoms with E-state index in [0.29, 0.717) is 17.3 Å². The molecule has 0 aromatic heterocycles. The first-order valence-electron chi connectivity index (χ1n) is 7.01. The number of primary amides is 1. The molecule has 0 bridgehead atoms. The summed E-state index contributed by atoms with van der Waals surface area (Å²) in [6.07, 6.45) is 5.89. The average molecular weight is 275 g/mol. The molecule has 0 saturated heterocycles. The third-order valence-electron chi connectivity index (χ3n) is 3.64. The van der Waals surface area contributed by atoms with E-state index in [9.17, 15) is 4.79 Å². The van der Waals surface area contributed by atoms with Crippen LogP contribution in [0, 0.1) is 5.92 Å². The second-order valence-electron chi connectivity index (χ2n) is 5.19. The van der Waals surface area contributed by atoms with Crippen LogP contribution >= 0.6 is 0 Å². The zero-order valence-corrected chi connectivity index (χ0v) is 11.5. The highest BCUT2D eigenvalue weighted by atomic mass is 16.6. The van der Waals surface area contributed by atoms with Crippen molar-refractivity contribution in [2.75, 3.05) is 0 Å². The van der Waals surface area contributed by atoms with Gasteiger partial charge in [-0.2, -0.15) is 0 Å². The second-order valence-corrected chi connectivity index (χ2v) is 5.19. The third-order valence-corrected chi connectivity index (χ3v) is 3.64. The third kappa shape index (κ3) is 3.98. The molecule has 5 heteroatoms. The SMILES string of the molecule is NC(=O)c1cccc(CO/N=C(\N)C2CCCCC2)c1. The summed E-state index contributed by atoms with van der Waals surface area (Å²) in [6, 6.07) is 7.01. The molecule has 1 aliphatic carbocycles. The predicted octanol–water partition coefficient (Wildman–Crippen LogP) is 2.15. The minimum absolute atomic E-state index is 0.286. The summed E-state index contributed by atoms with van der Waals surface area (Å²) in [7, 11) is 0. The molecule has 0 heterocycles. The second kappa shape index (κ2) is 6.93. The minimum Gasteiger partial charge on any atom is -0.390 e. The summed E-state index contributed by atoms with van der Waals surface area (Å²) in [5, 5.41) is 4.00. The van der Waals surface area contributed by atoms with E-state index in [1.165, 1.54) is 19.3 Å². The largest absolute Gasteiger partial charge is 0.390 e. The minimum atomic E-state index is -0.447. The Morgan fingerprint density at radius 2 is 2.00 bits per heavy atom. The van der Waals surface area contributed by atoms with Gasteiger partial charge in [-0.25, -0.2) is 0 Å². The standard InChI is InChI=1S/C15H21N3O2/c16-14(12-6-2-1-3-7-12)18-20-10-11-5-4-8-13(9-11)15(17)19/h4-5,8-9,12H,1-3,6-7,10H2,(H2,16,18)(H2,17,19). The van der Waals surface area contributed by atoms with Crippen molar-refractivity contribution in [3.8, 4) is 0 Å². The van der Waals surface area contributed by atoms with Crippen LogP contribution < -0.4 is 11.5 Å². The van der Waals surface area contributed by atoms with Crippen molar-refractivity contribution in [1.82, 2.24) is 0 Å². The van der Waals surface area contributed by atoms with Crippen LogP contribution in [0.15, 0.2) is 29.4 Å². The maximum atomic E-state index is 11.1.